The van der Waals surface area contributed by atoms with E-state index in [1.54, 1.807) is 4.90 Å². The van der Waals surface area contributed by atoms with Crippen molar-refractivity contribution >= 4 is 28.6 Å². The molecule has 2 aliphatic rings. The Bertz CT molecular complexity index is 972. The standard InChI is InChI=1S/C21H31F2N9O/c22-21(23)6-11-32(12-7-21)20-26-17-14-15(33-13-3-10-31-8-1-2-9-31)4-5-16(17)18(28-20)27-19(24)29-30-25/h4-5,14,30H,1-3,6-13,25H2,(H3,24,26,27,28,29). The van der Waals surface area contributed by atoms with Crippen molar-refractivity contribution in [2.45, 2.75) is 38.0 Å². The van der Waals surface area contributed by atoms with E-state index in [9.17, 15) is 8.78 Å². The van der Waals surface area contributed by atoms with Crippen LogP contribution in [0.4, 0.5) is 20.5 Å². The zero-order valence-corrected chi connectivity index (χ0v) is 18.6. The van der Waals surface area contributed by atoms with Gasteiger partial charge in [-0.1, -0.05) is 0 Å². The predicted octanol–water partition coefficient (Wildman–Crippen LogP) is 1.64. The van der Waals surface area contributed by atoms with Gasteiger partial charge < -0.3 is 20.3 Å². The number of fused-ring (bicyclic) bond motifs is 1. The molecule has 180 valence electrons. The fraction of sp³-hybridized carbons (Fsp3) is 0.571. The van der Waals surface area contributed by atoms with E-state index in [2.05, 4.69) is 30.8 Å². The van der Waals surface area contributed by atoms with Crippen LogP contribution in [0.1, 0.15) is 32.1 Å². The number of likely N-dealkylation sites (tertiary alicyclic amines) is 1. The fourth-order valence-corrected chi connectivity index (χ4v) is 4.13. The van der Waals surface area contributed by atoms with Crippen molar-refractivity contribution in [2.24, 2.45) is 16.6 Å². The number of aromatic nitrogens is 2. The molecule has 0 aliphatic carbocycles. The van der Waals surface area contributed by atoms with Crippen LogP contribution in [0.2, 0.25) is 0 Å². The van der Waals surface area contributed by atoms with E-state index >= 15 is 0 Å². The molecule has 33 heavy (non-hydrogen) atoms. The van der Waals surface area contributed by atoms with Gasteiger partial charge in [-0.05, 0) is 44.5 Å². The van der Waals surface area contributed by atoms with Crippen LogP contribution in [0.25, 0.3) is 10.9 Å². The summed E-state index contributed by atoms with van der Waals surface area (Å²) in [5, 5.41) is 0.660. The molecule has 0 spiro atoms. The molecule has 0 unspecified atom stereocenters. The van der Waals surface area contributed by atoms with Gasteiger partial charge in [0, 0.05) is 43.9 Å². The Hall–Kier alpha value is -2.83. The van der Waals surface area contributed by atoms with Crippen LogP contribution in [-0.2, 0) is 0 Å². The summed E-state index contributed by atoms with van der Waals surface area (Å²) >= 11 is 0. The lowest BCUT2D eigenvalue weighted by atomic mass is 10.1. The molecular formula is C21H31F2N9O. The number of hydrazine groups is 2. The van der Waals surface area contributed by atoms with Crippen molar-refractivity contribution in [1.29, 1.82) is 0 Å². The lowest BCUT2D eigenvalue weighted by Gasteiger charge is -2.31. The topological polar surface area (TPSA) is 130 Å². The van der Waals surface area contributed by atoms with Gasteiger partial charge in [0.1, 0.15) is 5.75 Å². The number of aliphatic imine (C=N–C) groups is 1. The van der Waals surface area contributed by atoms with Crippen molar-refractivity contribution in [1.82, 2.24) is 25.8 Å². The highest BCUT2D eigenvalue weighted by Crippen LogP contribution is 2.32. The van der Waals surface area contributed by atoms with Crippen LogP contribution >= 0.6 is 0 Å². The van der Waals surface area contributed by atoms with Gasteiger partial charge in [0.2, 0.25) is 11.9 Å². The smallest absolute Gasteiger partial charge is 0.251 e. The summed E-state index contributed by atoms with van der Waals surface area (Å²) in [6.07, 6.45) is 3.00. The van der Waals surface area contributed by atoms with Crippen molar-refractivity contribution in [3.63, 3.8) is 0 Å². The van der Waals surface area contributed by atoms with Gasteiger partial charge in [-0.15, -0.1) is 0 Å². The molecule has 1 aromatic heterocycles. The minimum absolute atomic E-state index is 0.0101. The van der Waals surface area contributed by atoms with E-state index < -0.39 is 5.92 Å². The lowest BCUT2D eigenvalue weighted by molar-refractivity contribution is -0.0222. The number of guanidine groups is 1. The second-order valence-corrected chi connectivity index (χ2v) is 8.39. The zero-order valence-electron chi connectivity index (χ0n) is 18.6. The quantitative estimate of drug-likeness (QED) is 0.152. The van der Waals surface area contributed by atoms with Gasteiger partial charge in [0.25, 0.3) is 5.92 Å². The lowest BCUT2D eigenvalue weighted by Crippen LogP contribution is -2.46. The maximum absolute atomic E-state index is 13.6. The summed E-state index contributed by atoms with van der Waals surface area (Å²) in [7, 11) is 0. The highest BCUT2D eigenvalue weighted by atomic mass is 19.3. The molecule has 0 radical (unpaired) electrons. The molecule has 6 N–H and O–H groups in total. The molecule has 2 saturated heterocycles. The third-order valence-corrected chi connectivity index (χ3v) is 5.93. The van der Waals surface area contributed by atoms with Crippen LogP contribution in [0.3, 0.4) is 0 Å². The Balaban J connectivity index is 1.54. The molecule has 0 saturated carbocycles. The van der Waals surface area contributed by atoms with Gasteiger partial charge in [-0.3, -0.25) is 11.3 Å². The molecule has 2 fully saturated rings. The first-order chi connectivity index (χ1) is 15.9. The molecule has 4 rings (SSSR count). The SMILES string of the molecule is NNNC(N)=Nc1nc(N2CCC(F)(F)CC2)nc2cc(OCCCN3CCCC3)ccc12. The van der Waals surface area contributed by atoms with Crippen LogP contribution in [0.5, 0.6) is 5.75 Å². The van der Waals surface area contributed by atoms with Gasteiger partial charge in [-0.25, -0.2) is 13.8 Å². The van der Waals surface area contributed by atoms with Crippen LogP contribution in [0, 0.1) is 0 Å². The highest BCUT2D eigenvalue weighted by molar-refractivity contribution is 5.93. The Morgan fingerprint density at radius 1 is 1.15 bits per heavy atom. The summed E-state index contributed by atoms with van der Waals surface area (Å²) in [6, 6.07) is 5.48. The van der Waals surface area contributed by atoms with Gasteiger partial charge in [0.15, 0.2) is 5.82 Å². The Morgan fingerprint density at radius 3 is 2.64 bits per heavy atom. The third kappa shape index (κ3) is 6.15. The summed E-state index contributed by atoms with van der Waals surface area (Å²) in [6.45, 7) is 4.28. The summed E-state index contributed by atoms with van der Waals surface area (Å²) < 4.78 is 33.2. The largest absolute Gasteiger partial charge is 0.493 e. The van der Waals surface area contributed by atoms with Crippen molar-refractivity contribution in [3.05, 3.63) is 18.2 Å². The zero-order chi connectivity index (χ0) is 23.3. The van der Waals surface area contributed by atoms with E-state index in [0.717, 1.165) is 13.0 Å². The minimum atomic E-state index is -2.66. The number of nitrogens with one attached hydrogen (secondary N) is 2. The number of halogens is 2. The van der Waals surface area contributed by atoms with Gasteiger partial charge in [-0.2, -0.15) is 15.5 Å². The first kappa shape index (κ1) is 23.3. The van der Waals surface area contributed by atoms with Crippen LogP contribution in [0.15, 0.2) is 23.2 Å². The van der Waals surface area contributed by atoms with Crippen molar-refractivity contribution < 1.29 is 13.5 Å². The number of nitrogens with zero attached hydrogens (tertiary/aromatic N) is 5. The van der Waals surface area contributed by atoms with E-state index in [-0.39, 0.29) is 31.9 Å². The van der Waals surface area contributed by atoms with E-state index in [4.69, 9.17) is 16.3 Å². The number of rotatable bonds is 8. The summed E-state index contributed by atoms with van der Waals surface area (Å²) in [5.41, 5.74) is 11.1. The third-order valence-electron chi connectivity index (χ3n) is 5.93. The molecule has 2 aliphatic heterocycles. The van der Waals surface area contributed by atoms with Gasteiger partial charge >= 0.3 is 0 Å². The molecule has 12 heteroatoms. The van der Waals surface area contributed by atoms with E-state index in [1.807, 2.05) is 18.2 Å². The van der Waals surface area contributed by atoms with Crippen LogP contribution in [-0.4, -0.2) is 66.1 Å². The average Bonchev–Trinajstić information content (AvgIpc) is 3.30. The fourth-order valence-electron chi connectivity index (χ4n) is 4.13. The monoisotopic (exact) mass is 463 g/mol. The summed E-state index contributed by atoms with van der Waals surface area (Å²) in [4.78, 5) is 17.6. The number of alkyl halides is 2. The molecule has 3 heterocycles. The number of anilines is 1. The molecule has 2 aromatic rings. The molecule has 10 nitrogen and oxygen atoms in total. The average molecular weight is 464 g/mol. The first-order valence-electron chi connectivity index (χ1n) is 11.3. The molecule has 0 amide bonds. The number of hydrogen-bond acceptors (Lipinski definition) is 8. The number of nitrogens with two attached hydrogens (primary N) is 2. The van der Waals surface area contributed by atoms with Crippen molar-refractivity contribution in [2.75, 3.05) is 44.2 Å². The number of ether oxygens (including phenoxy) is 1. The maximum atomic E-state index is 13.6. The minimum Gasteiger partial charge on any atom is -0.493 e. The Labute approximate surface area is 191 Å². The first-order valence-corrected chi connectivity index (χ1v) is 11.3. The van der Waals surface area contributed by atoms with Gasteiger partial charge in [0.05, 0.1) is 12.1 Å². The molecular weight excluding hydrogens is 432 g/mol. The molecule has 1 aromatic carbocycles. The predicted molar refractivity (Wildman–Crippen MR) is 123 cm³/mol. The Kier molecular flexibility index (Phi) is 7.36. The molecule has 0 atom stereocenters. The number of piperidine rings is 1. The number of hydrogen-bond donors (Lipinski definition) is 4. The Morgan fingerprint density at radius 2 is 1.91 bits per heavy atom. The second-order valence-electron chi connectivity index (χ2n) is 8.39. The second kappa shape index (κ2) is 10.4. The molecule has 0 bridgehead atoms. The van der Waals surface area contributed by atoms with E-state index in [1.165, 1.54) is 25.9 Å². The van der Waals surface area contributed by atoms with E-state index in [0.29, 0.717) is 35.0 Å². The normalized spacial score (nSPS) is 19.2. The highest BCUT2D eigenvalue weighted by Gasteiger charge is 2.35. The maximum Gasteiger partial charge on any atom is 0.251 e. The van der Waals surface area contributed by atoms with Crippen LogP contribution < -0.4 is 32.2 Å². The summed E-state index contributed by atoms with van der Waals surface area (Å²) in [5.74, 6) is 3.91. The number of benzene rings is 1. The van der Waals surface area contributed by atoms with Crippen molar-refractivity contribution in [3.8, 4) is 5.75 Å².